The lowest BCUT2D eigenvalue weighted by Gasteiger charge is -2.05. The molecule has 2 aromatic heterocycles. The van der Waals surface area contributed by atoms with Crippen LogP contribution in [0.2, 0.25) is 0 Å². The number of anilines is 2. The number of hydrogen-bond donors (Lipinski definition) is 3. The molecule has 8 heteroatoms. The Morgan fingerprint density at radius 2 is 1.83 bits per heavy atom. The number of nitrogens with one attached hydrogen (secondary N) is 3. The van der Waals surface area contributed by atoms with Crippen molar-refractivity contribution in [1.29, 1.82) is 0 Å². The molecule has 0 unspecified atom stereocenters. The molecule has 0 atom stereocenters. The van der Waals surface area contributed by atoms with E-state index in [0.29, 0.717) is 23.6 Å². The van der Waals surface area contributed by atoms with Gasteiger partial charge in [0.15, 0.2) is 5.65 Å². The molecule has 1 aromatic carbocycles. The first-order valence-corrected chi connectivity index (χ1v) is 7.58. The standard InChI is InChI=1S/C16H18N6O2/c1-4-11-12-13(19-20-14(12)22(3)21-11)18-16(24)15(23)17-10-7-5-9(2)6-8-10/h5-8H,4H2,1-3H3,(H,17,23)(H2,18,19,20,24). The lowest BCUT2D eigenvalue weighted by Crippen LogP contribution is -2.29. The molecule has 2 amide bonds. The van der Waals surface area contributed by atoms with Crippen LogP contribution in [0.1, 0.15) is 18.2 Å². The Kier molecular flexibility index (Phi) is 4.03. The van der Waals surface area contributed by atoms with Crippen LogP contribution in [-0.4, -0.2) is 31.8 Å². The van der Waals surface area contributed by atoms with Crippen LogP contribution in [0, 0.1) is 6.92 Å². The number of aryl methyl sites for hydroxylation is 3. The van der Waals surface area contributed by atoms with Crippen molar-refractivity contribution in [3.63, 3.8) is 0 Å². The van der Waals surface area contributed by atoms with Crippen LogP contribution in [0.4, 0.5) is 11.5 Å². The average Bonchev–Trinajstić information content (AvgIpc) is 3.11. The van der Waals surface area contributed by atoms with Crippen LogP contribution in [0.25, 0.3) is 11.0 Å². The van der Waals surface area contributed by atoms with E-state index in [-0.39, 0.29) is 0 Å². The minimum atomic E-state index is -0.771. The molecule has 0 aliphatic carbocycles. The minimum Gasteiger partial charge on any atom is -0.318 e. The zero-order valence-corrected chi connectivity index (χ0v) is 13.7. The number of fused-ring (bicyclic) bond motifs is 1. The second kappa shape index (κ2) is 6.15. The molecule has 0 aliphatic rings. The van der Waals surface area contributed by atoms with Gasteiger partial charge in [-0.3, -0.25) is 14.7 Å². The molecular weight excluding hydrogens is 308 g/mol. The molecular formula is C16H18N6O2. The molecule has 8 nitrogen and oxygen atoms in total. The van der Waals surface area contributed by atoms with Gasteiger partial charge >= 0.3 is 11.8 Å². The van der Waals surface area contributed by atoms with E-state index in [9.17, 15) is 9.59 Å². The topological polar surface area (TPSA) is 105 Å². The van der Waals surface area contributed by atoms with Crippen molar-refractivity contribution in [3.05, 3.63) is 35.5 Å². The van der Waals surface area contributed by atoms with Crippen LogP contribution in [0.3, 0.4) is 0 Å². The Labute approximate surface area is 138 Å². The number of amides is 2. The molecule has 24 heavy (non-hydrogen) atoms. The molecule has 124 valence electrons. The monoisotopic (exact) mass is 326 g/mol. The summed E-state index contributed by atoms with van der Waals surface area (Å²) in [7, 11) is 1.78. The number of rotatable bonds is 3. The van der Waals surface area contributed by atoms with E-state index < -0.39 is 11.8 Å². The van der Waals surface area contributed by atoms with Crippen LogP contribution in [0.5, 0.6) is 0 Å². The fourth-order valence-electron chi connectivity index (χ4n) is 2.45. The summed E-state index contributed by atoms with van der Waals surface area (Å²) < 4.78 is 1.63. The van der Waals surface area contributed by atoms with E-state index >= 15 is 0 Å². The van der Waals surface area contributed by atoms with Crippen molar-refractivity contribution in [2.75, 3.05) is 10.6 Å². The first kappa shape index (κ1) is 15.7. The molecule has 3 rings (SSSR count). The molecule has 0 radical (unpaired) electrons. The first-order valence-electron chi connectivity index (χ1n) is 7.58. The van der Waals surface area contributed by atoms with Gasteiger partial charge in [-0.15, -0.1) is 0 Å². The minimum absolute atomic E-state index is 0.374. The maximum atomic E-state index is 12.1. The molecule has 0 fully saturated rings. The lowest BCUT2D eigenvalue weighted by molar-refractivity contribution is -0.133. The summed E-state index contributed by atoms with van der Waals surface area (Å²) in [5, 5.41) is 17.0. The normalized spacial score (nSPS) is 10.8. The zero-order chi connectivity index (χ0) is 17.3. The van der Waals surface area contributed by atoms with Crippen LogP contribution < -0.4 is 10.6 Å². The van der Waals surface area contributed by atoms with Gasteiger partial charge in [-0.25, -0.2) is 4.68 Å². The molecule has 0 bridgehead atoms. The van der Waals surface area contributed by atoms with Gasteiger partial charge in [-0.2, -0.15) is 10.2 Å². The van der Waals surface area contributed by atoms with Crippen molar-refractivity contribution in [1.82, 2.24) is 20.0 Å². The van der Waals surface area contributed by atoms with E-state index in [1.807, 2.05) is 26.0 Å². The number of nitrogens with zero attached hydrogens (tertiary/aromatic N) is 3. The van der Waals surface area contributed by atoms with E-state index in [1.165, 1.54) is 0 Å². The Balaban J connectivity index is 1.77. The van der Waals surface area contributed by atoms with E-state index in [0.717, 1.165) is 16.6 Å². The lowest BCUT2D eigenvalue weighted by atomic mass is 10.2. The van der Waals surface area contributed by atoms with Crippen molar-refractivity contribution in [2.24, 2.45) is 7.05 Å². The highest BCUT2D eigenvalue weighted by atomic mass is 16.2. The van der Waals surface area contributed by atoms with Crippen molar-refractivity contribution in [3.8, 4) is 0 Å². The van der Waals surface area contributed by atoms with Crippen molar-refractivity contribution in [2.45, 2.75) is 20.3 Å². The zero-order valence-electron chi connectivity index (χ0n) is 13.7. The van der Waals surface area contributed by atoms with E-state index in [1.54, 1.807) is 23.9 Å². The first-order chi connectivity index (χ1) is 11.5. The third kappa shape index (κ3) is 2.85. The highest BCUT2D eigenvalue weighted by Gasteiger charge is 2.20. The highest BCUT2D eigenvalue weighted by molar-refractivity contribution is 6.44. The average molecular weight is 326 g/mol. The quantitative estimate of drug-likeness (QED) is 0.638. The Morgan fingerprint density at radius 3 is 2.50 bits per heavy atom. The predicted molar refractivity (Wildman–Crippen MR) is 90.7 cm³/mol. The molecule has 0 aliphatic heterocycles. The molecule has 3 aromatic rings. The predicted octanol–water partition coefficient (Wildman–Crippen LogP) is 1.74. The number of aromatic nitrogens is 4. The highest BCUT2D eigenvalue weighted by Crippen LogP contribution is 2.24. The summed E-state index contributed by atoms with van der Waals surface area (Å²) in [6, 6.07) is 7.20. The number of aromatic amines is 1. The fourth-order valence-corrected chi connectivity index (χ4v) is 2.45. The van der Waals surface area contributed by atoms with Gasteiger partial charge in [0.25, 0.3) is 0 Å². The maximum Gasteiger partial charge on any atom is 0.315 e. The molecule has 0 saturated carbocycles. The smallest absolute Gasteiger partial charge is 0.315 e. The van der Waals surface area contributed by atoms with Gasteiger partial charge in [-0.1, -0.05) is 24.6 Å². The Bertz CT molecular complexity index is 907. The van der Waals surface area contributed by atoms with Gasteiger partial charge in [0, 0.05) is 12.7 Å². The number of H-pyrrole nitrogens is 1. The summed E-state index contributed by atoms with van der Waals surface area (Å²) in [6.07, 6.45) is 0.690. The van der Waals surface area contributed by atoms with Gasteiger partial charge in [0.1, 0.15) is 5.82 Å². The summed E-state index contributed by atoms with van der Waals surface area (Å²) in [5.74, 6) is -1.14. The summed E-state index contributed by atoms with van der Waals surface area (Å²) >= 11 is 0. The second-order valence-corrected chi connectivity index (χ2v) is 5.50. The molecule has 0 spiro atoms. The number of benzene rings is 1. The number of carbonyl (C=O) groups is 2. The molecule has 2 heterocycles. The number of hydrogen-bond acceptors (Lipinski definition) is 4. The molecule has 0 saturated heterocycles. The van der Waals surface area contributed by atoms with Gasteiger partial charge in [-0.05, 0) is 25.5 Å². The number of carbonyl (C=O) groups excluding carboxylic acids is 2. The second-order valence-electron chi connectivity index (χ2n) is 5.50. The fraction of sp³-hybridized carbons (Fsp3) is 0.250. The van der Waals surface area contributed by atoms with Crippen LogP contribution in [0.15, 0.2) is 24.3 Å². The summed E-state index contributed by atoms with van der Waals surface area (Å²) in [5.41, 5.74) is 3.06. The van der Waals surface area contributed by atoms with Crippen LogP contribution >= 0.6 is 0 Å². The van der Waals surface area contributed by atoms with Gasteiger partial charge in [0.2, 0.25) is 0 Å². The summed E-state index contributed by atoms with van der Waals surface area (Å²) in [4.78, 5) is 24.2. The van der Waals surface area contributed by atoms with E-state index in [2.05, 4.69) is 25.9 Å². The van der Waals surface area contributed by atoms with Crippen molar-refractivity contribution < 1.29 is 9.59 Å². The summed E-state index contributed by atoms with van der Waals surface area (Å²) in [6.45, 7) is 3.91. The van der Waals surface area contributed by atoms with Gasteiger partial charge in [0.05, 0.1) is 11.1 Å². The Morgan fingerprint density at radius 1 is 1.17 bits per heavy atom. The molecule has 3 N–H and O–H groups in total. The largest absolute Gasteiger partial charge is 0.318 e. The van der Waals surface area contributed by atoms with Gasteiger partial charge < -0.3 is 10.6 Å². The SMILES string of the molecule is CCc1nn(C)c2n[nH]c(NC(=O)C(=O)Nc3ccc(C)cc3)c12. The van der Waals surface area contributed by atoms with Crippen LogP contribution in [-0.2, 0) is 23.1 Å². The van der Waals surface area contributed by atoms with Crippen molar-refractivity contribution >= 4 is 34.4 Å². The Hall–Kier alpha value is -3.16. The third-order valence-corrected chi connectivity index (χ3v) is 3.70. The van der Waals surface area contributed by atoms with E-state index in [4.69, 9.17) is 0 Å². The third-order valence-electron chi connectivity index (χ3n) is 3.70. The maximum absolute atomic E-state index is 12.1.